The number of halogens is 1. The van der Waals surface area contributed by atoms with Gasteiger partial charge < -0.3 is 5.32 Å². The highest BCUT2D eigenvalue weighted by molar-refractivity contribution is 6.18. The minimum Gasteiger partial charge on any atom is -0.362 e. The van der Waals surface area contributed by atoms with Gasteiger partial charge in [0.05, 0.1) is 22.3 Å². The van der Waals surface area contributed by atoms with Crippen LogP contribution in [-0.4, -0.2) is 21.4 Å². The van der Waals surface area contributed by atoms with Crippen LogP contribution in [0.5, 0.6) is 0 Å². The first-order valence-corrected chi connectivity index (χ1v) is 7.33. The lowest BCUT2D eigenvalue weighted by Gasteiger charge is -2.29. The molecular weight excluding hydrogens is 258 g/mol. The van der Waals surface area contributed by atoms with Gasteiger partial charge in [0.2, 0.25) is 0 Å². The van der Waals surface area contributed by atoms with Crippen LogP contribution in [-0.2, 0) is 0 Å². The molecular formula is C15H18ClN3. The van der Waals surface area contributed by atoms with Gasteiger partial charge in [0.25, 0.3) is 0 Å². The van der Waals surface area contributed by atoms with E-state index in [9.17, 15) is 0 Å². The van der Waals surface area contributed by atoms with Crippen LogP contribution in [0.3, 0.4) is 0 Å². The molecule has 19 heavy (non-hydrogen) atoms. The van der Waals surface area contributed by atoms with Gasteiger partial charge in [-0.05, 0) is 31.9 Å². The average Bonchev–Trinajstić information content (AvgIpc) is 2.89. The second-order valence-corrected chi connectivity index (χ2v) is 5.66. The van der Waals surface area contributed by atoms with E-state index in [-0.39, 0.29) is 5.54 Å². The topological polar surface area (TPSA) is 37.8 Å². The number of hydrogen-bond acceptors (Lipinski definition) is 3. The lowest BCUT2D eigenvalue weighted by molar-refractivity contribution is 0.537. The molecule has 1 aromatic carbocycles. The van der Waals surface area contributed by atoms with Gasteiger partial charge in [0.1, 0.15) is 5.82 Å². The molecule has 1 fully saturated rings. The molecule has 0 aliphatic heterocycles. The van der Waals surface area contributed by atoms with Crippen molar-refractivity contribution in [1.29, 1.82) is 0 Å². The molecule has 0 spiro atoms. The van der Waals surface area contributed by atoms with Crippen LogP contribution in [0, 0.1) is 6.92 Å². The van der Waals surface area contributed by atoms with Crippen molar-refractivity contribution in [2.45, 2.75) is 38.1 Å². The predicted octanol–water partition coefficient (Wildman–Crippen LogP) is 3.90. The molecule has 0 bridgehead atoms. The van der Waals surface area contributed by atoms with E-state index in [1.54, 1.807) is 0 Å². The molecule has 2 aromatic rings. The summed E-state index contributed by atoms with van der Waals surface area (Å²) in [5, 5.41) is 3.56. The second-order valence-electron chi connectivity index (χ2n) is 5.39. The smallest absolute Gasteiger partial charge is 0.148 e. The number of anilines is 1. The minimum absolute atomic E-state index is 0.00343. The van der Waals surface area contributed by atoms with E-state index in [1.807, 2.05) is 31.2 Å². The third kappa shape index (κ3) is 2.39. The van der Waals surface area contributed by atoms with Gasteiger partial charge in [0, 0.05) is 5.88 Å². The molecule has 1 aliphatic carbocycles. The van der Waals surface area contributed by atoms with E-state index < -0.39 is 0 Å². The minimum atomic E-state index is 0.00343. The molecule has 1 aliphatic rings. The number of nitrogens with one attached hydrogen (secondary N) is 1. The van der Waals surface area contributed by atoms with Gasteiger partial charge in [-0.1, -0.05) is 25.0 Å². The Morgan fingerprint density at radius 2 is 1.79 bits per heavy atom. The second kappa shape index (κ2) is 4.97. The van der Waals surface area contributed by atoms with Gasteiger partial charge in [-0.15, -0.1) is 11.6 Å². The fourth-order valence-corrected chi connectivity index (χ4v) is 3.14. The molecule has 0 radical (unpaired) electrons. The number of para-hydroxylation sites is 2. The fraction of sp³-hybridized carbons (Fsp3) is 0.467. The Balaban J connectivity index is 1.98. The average molecular weight is 276 g/mol. The molecule has 1 N–H and O–H groups in total. The van der Waals surface area contributed by atoms with Crippen LogP contribution >= 0.6 is 11.6 Å². The summed E-state index contributed by atoms with van der Waals surface area (Å²) in [5.74, 6) is 1.50. The lowest BCUT2D eigenvalue weighted by atomic mass is 10.0. The fourth-order valence-electron chi connectivity index (χ4n) is 2.80. The lowest BCUT2D eigenvalue weighted by Crippen LogP contribution is -2.37. The molecule has 4 heteroatoms. The van der Waals surface area contributed by atoms with Gasteiger partial charge >= 0.3 is 0 Å². The Morgan fingerprint density at radius 1 is 1.16 bits per heavy atom. The zero-order valence-electron chi connectivity index (χ0n) is 11.1. The Bertz CT molecular complexity index is 591. The van der Waals surface area contributed by atoms with Gasteiger partial charge in [-0.25, -0.2) is 9.97 Å². The van der Waals surface area contributed by atoms with Crippen molar-refractivity contribution in [3.05, 3.63) is 30.0 Å². The summed E-state index contributed by atoms with van der Waals surface area (Å²) >= 11 is 6.17. The number of aryl methyl sites for hydroxylation is 1. The third-order valence-corrected chi connectivity index (χ3v) is 4.46. The van der Waals surface area contributed by atoms with E-state index in [1.165, 1.54) is 12.8 Å². The number of hydrogen-bond donors (Lipinski definition) is 1. The third-order valence-electron chi connectivity index (χ3n) is 3.94. The molecule has 3 rings (SSSR count). The molecule has 0 atom stereocenters. The summed E-state index contributed by atoms with van der Waals surface area (Å²) in [6, 6.07) is 7.96. The van der Waals surface area contributed by atoms with E-state index in [0.717, 1.165) is 35.4 Å². The quantitative estimate of drug-likeness (QED) is 0.863. The summed E-state index contributed by atoms with van der Waals surface area (Å²) in [6.45, 7) is 2.00. The number of aromatic nitrogens is 2. The highest BCUT2D eigenvalue weighted by Gasteiger charge is 2.33. The van der Waals surface area contributed by atoms with Crippen LogP contribution in [0.25, 0.3) is 11.0 Å². The normalized spacial score (nSPS) is 17.8. The van der Waals surface area contributed by atoms with Crippen LogP contribution in [0.4, 0.5) is 5.82 Å². The maximum Gasteiger partial charge on any atom is 0.148 e. The molecule has 1 aromatic heterocycles. The number of alkyl halides is 1. The Kier molecular flexibility index (Phi) is 3.31. The van der Waals surface area contributed by atoms with Crippen LogP contribution in [0.1, 0.15) is 31.4 Å². The monoisotopic (exact) mass is 275 g/mol. The number of nitrogens with zero attached hydrogens (tertiary/aromatic N) is 2. The largest absolute Gasteiger partial charge is 0.362 e. The SMILES string of the molecule is Cc1nc2ccccc2nc1NC1(CCl)CCCC1. The zero-order valence-corrected chi connectivity index (χ0v) is 11.9. The predicted molar refractivity (Wildman–Crippen MR) is 79.8 cm³/mol. The molecule has 0 amide bonds. The summed E-state index contributed by atoms with van der Waals surface area (Å²) < 4.78 is 0. The number of fused-ring (bicyclic) bond motifs is 1. The maximum absolute atomic E-state index is 6.17. The molecule has 0 saturated heterocycles. The van der Waals surface area contributed by atoms with Crippen LogP contribution < -0.4 is 5.32 Å². The van der Waals surface area contributed by atoms with Crippen LogP contribution in [0.2, 0.25) is 0 Å². The zero-order chi connectivity index (χ0) is 13.3. The number of rotatable bonds is 3. The summed E-state index contributed by atoms with van der Waals surface area (Å²) in [5.41, 5.74) is 2.81. The van der Waals surface area contributed by atoms with Crippen molar-refractivity contribution < 1.29 is 0 Å². The molecule has 0 unspecified atom stereocenters. The van der Waals surface area contributed by atoms with E-state index in [4.69, 9.17) is 16.6 Å². The van der Waals surface area contributed by atoms with Crippen molar-refractivity contribution in [1.82, 2.24) is 9.97 Å². The molecule has 100 valence electrons. The Labute approximate surface area is 118 Å². The van der Waals surface area contributed by atoms with Crippen LogP contribution in [0.15, 0.2) is 24.3 Å². The first-order chi connectivity index (χ1) is 9.22. The van der Waals surface area contributed by atoms with Crippen molar-refractivity contribution in [2.24, 2.45) is 0 Å². The molecule has 1 heterocycles. The highest BCUT2D eigenvalue weighted by Crippen LogP contribution is 2.34. The van der Waals surface area contributed by atoms with E-state index in [2.05, 4.69) is 10.3 Å². The first-order valence-electron chi connectivity index (χ1n) is 6.80. The van der Waals surface area contributed by atoms with E-state index in [0.29, 0.717) is 5.88 Å². The molecule has 1 saturated carbocycles. The summed E-state index contributed by atoms with van der Waals surface area (Å²) in [6.07, 6.45) is 4.70. The standard InChI is InChI=1S/C15H18ClN3/c1-11-14(19-15(10-16)8-4-5-9-15)18-13-7-3-2-6-12(13)17-11/h2-3,6-7H,4-5,8-10H2,1H3,(H,18,19). The van der Waals surface area contributed by atoms with Crippen molar-refractivity contribution in [3.63, 3.8) is 0 Å². The Hall–Kier alpha value is -1.35. The first kappa shape index (κ1) is 12.7. The van der Waals surface area contributed by atoms with Crippen molar-refractivity contribution in [3.8, 4) is 0 Å². The maximum atomic E-state index is 6.17. The van der Waals surface area contributed by atoms with Gasteiger partial charge in [0.15, 0.2) is 0 Å². The Morgan fingerprint density at radius 3 is 2.42 bits per heavy atom. The summed E-state index contributed by atoms with van der Waals surface area (Å²) in [7, 11) is 0. The van der Waals surface area contributed by atoms with E-state index >= 15 is 0 Å². The van der Waals surface area contributed by atoms with Crippen molar-refractivity contribution in [2.75, 3.05) is 11.2 Å². The molecule has 3 nitrogen and oxygen atoms in total. The van der Waals surface area contributed by atoms with Gasteiger partial charge in [-0.3, -0.25) is 0 Å². The highest BCUT2D eigenvalue weighted by atomic mass is 35.5. The summed E-state index contributed by atoms with van der Waals surface area (Å²) in [4.78, 5) is 9.31. The number of benzene rings is 1. The van der Waals surface area contributed by atoms with Gasteiger partial charge in [-0.2, -0.15) is 0 Å². The van der Waals surface area contributed by atoms with Crippen molar-refractivity contribution >= 4 is 28.5 Å².